The molecule has 5 heteroatoms. The fraction of sp³-hybridized carbons (Fsp3) is 0.190. The van der Waals surface area contributed by atoms with Gasteiger partial charge in [-0.15, -0.1) is 0 Å². The Morgan fingerprint density at radius 2 is 1.65 bits per heavy atom. The number of nitrogens with one attached hydrogen (secondary N) is 2. The molecule has 1 heterocycles. The van der Waals surface area contributed by atoms with Crippen molar-refractivity contribution in [3.05, 3.63) is 72.4 Å². The molecule has 3 rings (SSSR count). The average molecular weight is 346 g/mol. The molecule has 132 valence electrons. The number of amides is 1. The second-order valence-electron chi connectivity index (χ2n) is 6.10. The molecule has 1 atom stereocenters. The molecule has 5 nitrogen and oxygen atoms in total. The number of para-hydroxylation sites is 1. The van der Waals surface area contributed by atoms with Crippen LogP contribution in [0.2, 0.25) is 0 Å². The zero-order chi connectivity index (χ0) is 18.4. The molecular weight excluding hydrogens is 324 g/mol. The Balaban J connectivity index is 1.98. The van der Waals surface area contributed by atoms with Crippen LogP contribution in [0.25, 0.3) is 11.4 Å². The van der Waals surface area contributed by atoms with Crippen LogP contribution in [-0.2, 0) is 0 Å². The molecule has 0 aliphatic heterocycles. The third-order valence-electron chi connectivity index (χ3n) is 4.03. The van der Waals surface area contributed by atoms with Crippen LogP contribution in [0.5, 0.6) is 0 Å². The minimum Gasteiger partial charge on any atom is -0.348 e. The van der Waals surface area contributed by atoms with E-state index in [2.05, 4.69) is 20.6 Å². The summed E-state index contributed by atoms with van der Waals surface area (Å²) in [6.07, 6.45) is 0.859. The van der Waals surface area contributed by atoms with Gasteiger partial charge >= 0.3 is 0 Å². The van der Waals surface area contributed by atoms with E-state index < -0.39 is 0 Å². The van der Waals surface area contributed by atoms with Gasteiger partial charge in [0.1, 0.15) is 11.5 Å². The summed E-state index contributed by atoms with van der Waals surface area (Å²) in [4.78, 5) is 21.6. The van der Waals surface area contributed by atoms with E-state index in [0.29, 0.717) is 17.3 Å². The summed E-state index contributed by atoms with van der Waals surface area (Å²) in [6.45, 7) is 4.00. The zero-order valence-electron chi connectivity index (χ0n) is 14.9. The lowest BCUT2D eigenvalue weighted by molar-refractivity contribution is 0.0934. The standard InChI is InChI=1S/C21H22N4O/c1-3-15(2)22-21(26)18-14-19(23-17-12-8-5-9-13-17)25-20(24-18)16-10-6-4-7-11-16/h4-15H,3H2,1-2H3,(H,22,26)(H,23,24,25). The second kappa shape index (κ2) is 8.25. The SMILES string of the molecule is CCC(C)NC(=O)c1cc(Nc2ccccc2)nc(-c2ccccc2)n1. The smallest absolute Gasteiger partial charge is 0.270 e. The molecule has 0 saturated heterocycles. The first kappa shape index (κ1) is 17.6. The predicted octanol–water partition coefficient (Wildman–Crippen LogP) is 4.42. The Hall–Kier alpha value is -3.21. The second-order valence-corrected chi connectivity index (χ2v) is 6.10. The quantitative estimate of drug-likeness (QED) is 0.693. The number of hydrogen-bond donors (Lipinski definition) is 2. The van der Waals surface area contributed by atoms with Crippen molar-refractivity contribution in [2.45, 2.75) is 26.3 Å². The fourth-order valence-corrected chi connectivity index (χ4v) is 2.41. The molecule has 0 fully saturated rings. The zero-order valence-corrected chi connectivity index (χ0v) is 14.9. The van der Waals surface area contributed by atoms with Crippen molar-refractivity contribution in [1.29, 1.82) is 0 Å². The van der Waals surface area contributed by atoms with Crippen molar-refractivity contribution in [2.75, 3.05) is 5.32 Å². The Morgan fingerprint density at radius 1 is 1.00 bits per heavy atom. The van der Waals surface area contributed by atoms with E-state index in [4.69, 9.17) is 0 Å². The Labute approximate surface area is 153 Å². The molecule has 1 aromatic heterocycles. The highest BCUT2D eigenvalue weighted by Gasteiger charge is 2.14. The molecule has 0 saturated carbocycles. The molecule has 0 aliphatic rings. The molecule has 2 aromatic carbocycles. The number of carbonyl (C=O) groups is 1. The van der Waals surface area contributed by atoms with Crippen LogP contribution in [-0.4, -0.2) is 21.9 Å². The van der Waals surface area contributed by atoms with Crippen molar-refractivity contribution in [3.8, 4) is 11.4 Å². The monoisotopic (exact) mass is 346 g/mol. The summed E-state index contributed by atoms with van der Waals surface area (Å²) in [7, 11) is 0. The average Bonchev–Trinajstić information content (AvgIpc) is 2.69. The summed E-state index contributed by atoms with van der Waals surface area (Å²) < 4.78 is 0. The van der Waals surface area contributed by atoms with Crippen molar-refractivity contribution >= 4 is 17.4 Å². The molecule has 0 aliphatic carbocycles. The van der Waals surface area contributed by atoms with Crippen LogP contribution in [0.3, 0.4) is 0 Å². The molecular formula is C21H22N4O. The first-order valence-corrected chi connectivity index (χ1v) is 8.73. The van der Waals surface area contributed by atoms with E-state index in [9.17, 15) is 4.79 Å². The number of rotatable bonds is 6. The van der Waals surface area contributed by atoms with Crippen molar-refractivity contribution in [1.82, 2.24) is 15.3 Å². The van der Waals surface area contributed by atoms with Gasteiger partial charge in [-0.05, 0) is 25.5 Å². The van der Waals surface area contributed by atoms with Crippen molar-refractivity contribution in [2.24, 2.45) is 0 Å². The summed E-state index contributed by atoms with van der Waals surface area (Å²) in [5, 5.41) is 6.20. The Morgan fingerprint density at radius 3 is 2.31 bits per heavy atom. The molecule has 3 aromatic rings. The lowest BCUT2D eigenvalue weighted by Gasteiger charge is -2.13. The summed E-state index contributed by atoms with van der Waals surface area (Å²) in [5.41, 5.74) is 2.11. The van der Waals surface area contributed by atoms with Gasteiger partial charge in [-0.25, -0.2) is 9.97 Å². The van der Waals surface area contributed by atoms with Crippen LogP contribution in [0.15, 0.2) is 66.7 Å². The normalized spacial score (nSPS) is 11.6. The fourth-order valence-electron chi connectivity index (χ4n) is 2.41. The number of aromatic nitrogens is 2. The van der Waals surface area contributed by atoms with Crippen LogP contribution in [0, 0.1) is 0 Å². The van der Waals surface area contributed by atoms with Gasteiger partial charge in [0.15, 0.2) is 5.82 Å². The molecule has 0 radical (unpaired) electrons. The van der Waals surface area contributed by atoms with Crippen LogP contribution >= 0.6 is 0 Å². The highest BCUT2D eigenvalue weighted by atomic mass is 16.1. The van der Waals surface area contributed by atoms with Gasteiger partial charge in [0.25, 0.3) is 5.91 Å². The van der Waals surface area contributed by atoms with E-state index >= 15 is 0 Å². The molecule has 26 heavy (non-hydrogen) atoms. The Bertz CT molecular complexity index is 866. The number of hydrogen-bond acceptors (Lipinski definition) is 4. The molecule has 2 N–H and O–H groups in total. The molecule has 1 amide bonds. The van der Waals surface area contributed by atoms with Crippen LogP contribution in [0.1, 0.15) is 30.8 Å². The maximum Gasteiger partial charge on any atom is 0.270 e. The number of nitrogens with zero attached hydrogens (tertiary/aromatic N) is 2. The summed E-state index contributed by atoms with van der Waals surface area (Å²) in [6, 6.07) is 21.1. The molecule has 1 unspecified atom stereocenters. The predicted molar refractivity (Wildman–Crippen MR) is 104 cm³/mol. The first-order valence-electron chi connectivity index (χ1n) is 8.73. The minimum absolute atomic E-state index is 0.0863. The largest absolute Gasteiger partial charge is 0.348 e. The topological polar surface area (TPSA) is 66.9 Å². The van der Waals surface area contributed by atoms with Gasteiger partial charge < -0.3 is 10.6 Å². The van der Waals surface area contributed by atoms with Gasteiger partial charge in [0, 0.05) is 23.4 Å². The van der Waals surface area contributed by atoms with Gasteiger partial charge in [0.2, 0.25) is 0 Å². The maximum absolute atomic E-state index is 12.6. The van der Waals surface area contributed by atoms with E-state index in [1.165, 1.54) is 0 Å². The number of carbonyl (C=O) groups excluding carboxylic acids is 1. The third kappa shape index (κ3) is 4.45. The van der Waals surface area contributed by atoms with Crippen molar-refractivity contribution < 1.29 is 4.79 Å². The highest BCUT2D eigenvalue weighted by molar-refractivity contribution is 5.93. The minimum atomic E-state index is -0.199. The van der Waals surface area contributed by atoms with E-state index in [-0.39, 0.29) is 11.9 Å². The molecule has 0 bridgehead atoms. The van der Waals surface area contributed by atoms with E-state index in [1.54, 1.807) is 6.07 Å². The lowest BCUT2D eigenvalue weighted by atomic mass is 10.2. The third-order valence-corrected chi connectivity index (χ3v) is 4.03. The van der Waals surface area contributed by atoms with Gasteiger partial charge in [-0.1, -0.05) is 55.5 Å². The van der Waals surface area contributed by atoms with E-state index in [0.717, 1.165) is 17.7 Å². The van der Waals surface area contributed by atoms with Gasteiger partial charge in [-0.3, -0.25) is 4.79 Å². The van der Waals surface area contributed by atoms with Crippen LogP contribution < -0.4 is 10.6 Å². The maximum atomic E-state index is 12.6. The first-order chi connectivity index (χ1) is 12.7. The number of benzene rings is 2. The van der Waals surface area contributed by atoms with Gasteiger partial charge in [0.05, 0.1) is 0 Å². The van der Waals surface area contributed by atoms with Crippen LogP contribution in [0.4, 0.5) is 11.5 Å². The lowest BCUT2D eigenvalue weighted by Crippen LogP contribution is -2.32. The van der Waals surface area contributed by atoms with Crippen molar-refractivity contribution in [3.63, 3.8) is 0 Å². The summed E-state index contributed by atoms with van der Waals surface area (Å²) >= 11 is 0. The number of anilines is 2. The highest BCUT2D eigenvalue weighted by Crippen LogP contribution is 2.20. The Kier molecular flexibility index (Phi) is 5.59. The van der Waals surface area contributed by atoms with E-state index in [1.807, 2.05) is 74.5 Å². The van der Waals surface area contributed by atoms with Gasteiger partial charge in [-0.2, -0.15) is 0 Å². The summed E-state index contributed by atoms with van der Waals surface area (Å²) in [5.74, 6) is 0.898. The molecule has 0 spiro atoms.